The molecule has 14 heavy (non-hydrogen) atoms. The Hall–Kier alpha value is -1.50. The van der Waals surface area contributed by atoms with E-state index in [9.17, 15) is 4.79 Å². The van der Waals surface area contributed by atoms with Crippen molar-refractivity contribution in [3.63, 3.8) is 0 Å². The van der Waals surface area contributed by atoms with Crippen LogP contribution in [0.2, 0.25) is 0 Å². The molecule has 7 nitrogen and oxygen atoms in total. The Labute approximate surface area is 81.9 Å². The molecule has 0 radical (unpaired) electrons. The van der Waals surface area contributed by atoms with Gasteiger partial charge in [0.2, 0.25) is 0 Å². The van der Waals surface area contributed by atoms with Crippen molar-refractivity contribution in [1.82, 2.24) is 30.8 Å². The van der Waals surface area contributed by atoms with Crippen molar-refractivity contribution in [2.24, 2.45) is 0 Å². The van der Waals surface area contributed by atoms with Gasteiger partial charge in [0.1, 0.15) is 0 Å². The molecule has 1 aromatic rings. The lowest BCUT2D eigenvalue weighted by Crippen LogP contribution is -2.33. The van der Waals surface area contributed by atoms with Gasteiger partial charge in [0.05, 0.1) is 0 Å². The number of hydrogen-bond acceptors (Lipinski definition) is 5. The number of aromatic amines is 1. The van der Waals surface area contributed by atoms with Gasteiger partial charge in [-0.25, -0.2) is 0 Å². The molecule has 0 aliphatic rings. The Balaban J connectivity index is 2.23. The van der Waals surface area contributed by atoms with Crippen molar-refractivity contribution in [1.29, 1.82) is 0 Å². The topological polar surface area (TPSA) is 86.8 Å². The number of carbonyl (C=O) groups excluding carboxylic acids is 1. The molecule has 0 atom stereocenters. The van der Waals surface area contributed by atoms with Crippen LogP contribution < -0.4 is 5.32 Å². The molecule has 0 bridgehead atoms. The van der Waals surface area contributed by atoms with E-state index in [-0.39, 0.29) is 11.7 Å². The molecule has 78 valence electrons. The third kappa shape index (κ3) is 3.09. The van der Waals surface area contributed by atoms with Crippen LogP contribution >= 0.6 is 0 Å². The van der Waals surface area contributed by atoms with Crippen molar-refractivity contribution in [3.05, 3.63) is 5.82 Å². The summed E-state index contributed by atoms with van der Waals surface area (Å²) in [5, 5.41) is 15.3. The number of tetrazole rings is 1. The maximum atomic E-state index is 11.3. The van der Waals surface area contributed by atoms with E-state index in [0.29, 0.717) is 6.54 Å². The van der Waals surface area contributed by atoms with Crippen LogP contribution in [0.3, 0.4) is 0 Å². The minimum absolute atomic E-state index is 0.0733. The Morgan fingerprint density at radius 1 is 1.64 bits per heavy atom. The fraction of sp³-hybridized carbons (Fsp3) is 0.714. The maximum Gasteiger partial charge on any atom is 0.292 e. The molecule has 0 unspecified atom stereocenters. The van der Waals surface area contributed by atoms with Crippen molar-refractivity contribution >= 4 is 5.91 Å². The lowest BCUT2D eigenvalue weighted by molar-refractivity contribution is 0.0940. The van der Waals surface area contributed by atoms with Gasteiger partial charge in [0.15, 0.2) is 0 Å². The number of aromatic nitrogens is 4. The molecule has 0 aromatic carbocycles. The smallest absolute Gasteiger partial charge is 0.292 e. The highest BCUT2D eigenvalue weighted by molar-refractivity contribution is 5.89. The summed E-state index contributed by atoms with van der Waals surface area (Å²) >= 11 is 0. The number of carbonyl (C=O) groups is 1. The van der Waals surface area contributed by atoms with Gasteiger partial charge in [0.25, 0.3) is 11.7 Å². The average Bonchev–Trinajstić information content (AvgIpc) is 2.70. The van der Waals surface area contributed by atoms with E-state index in [1.54, 1.807) is 0 Å². The molecule has 0 saturated heterocycles. The molecule has 2 N–H and O–H groups in total. The normalized spacial score (nSPS) is 10.5. The van der Waals surface area contributed by atoms with Crippen LogP contribution in [0.1, 0.15) is 17.5 Å². The van der Waals surface area contributed by atoms with Gasteiger partial charge >= 0.3 is 0 Å². The molecule has 1 amide bonds. The second-order valence-electron chi connectivity index (χ2n) is 2.89. The van der Waals surface area contributed by atoms with Crippen LogP contribution in [0.25, 0.3) is 0 Å². The maximum absolute atomic E-state index is 11.3. The van der Waals surface area contributed by atoms with E-state index < -0.39 is 0 Å². The minimum atomic E-state index is -0.303. The second-order valence-corrected chi connectivity index (χ2v) is 2.89. The third-order valence-electron chi connectivity index (χ3n) is 1.87. The molecular weight excluding hydrogens is 184 g/mol. The summed E-state index contributed by atoms with van der Waals surface area (Å²) < 4.78 is 0. The second kappa shape index (κ2) is 5.28. The molecular formula is C7H14N6O. The summed E-state index contributed by atoms with van der Waals surface area (Å²) in [4.78, 5) is 13.4. The van der Waals surface area contributed by atoms with Gasteiger partial charge in [-0.15, -0.1) is 10.2 Å². The van der Waals surface area contributed by atoms with E-state index in [1.165, 1.54) is 0 Å². The number of rotatable bonds is 5. The van der Waals surface area contributed by atoms with Crippen LogP contribution in [-0.4, -0.2) is 58.1 Å². The van der Waals surface area contributed by atoms with Crippen molar-refractivity contribution in [2.75, 3.05) is 26.7 Å². The van der Waals surface area contributed by atoms with Crippen LogP contribution in [0.5, 0.6) is 0 Å². The van der Waals surface area contributed by atoms with Crippen molar-refractivity contribution in [3.8, 4) is 0 Å². The first-order valence-corrected chi connectivity index (χ1v) is 4.44. The fourth-order valence-electron chi connectivity index (χ4n) is 0.855. The molecule has 1 heterocycles. The van der Waals surface area contributed by atoms with Gasteiger partial charge in [-0.1, -0.05) is 6.92 Å². The third-order valence-corrected chi connectivity index (χ3v) is 1.87. The van der Waals surface area contributed by atoms with Gasteiger partial charge in [-0.2, -0.15) is 5.21 Å². The molecule has 0 spiro atoms. The number of H-pyrrole nitrogens is 1. The predicted octanol–water partition coefficient (Wildman–Crippen LogP) is -1.12. The van der Waals surface area contributed by atoms with Crippen molar-refractivity contribution < 1.29 is 4.79 Å². The molecule has 7 heteroatoms. The van der Waals surface area contributed by atoms with Crippen molar-refractivity contribution in [2.45, 2.75) is 6.92 Å². The summed E-state index contributed by atoms with van der Waals surface area (Å²) in [7, 11) is 1.99. The minimum Gasteiger partial charge on any atom is -0.348 e. The molecule has 0 saturated carbocycles. The lowest BCUT2D eigenvalue weighted by Gasteiger charge is -2.13. The summed E-state index contributed by atoms with van der Waals surface area (Å²) in [5.41, 5.74) is 0. The van der Waals surface area contributed by atoms with Crippen LogP contribution in [0, 0.1) is 0 Å². The van der Waals surface area contributed by atoms with Gasteiger partial charge < -0.3 is 10.2 Å². The summed E-state index contributed by atoms with van der Waals surface area (Å²) in [6.45, 7) is 4.40. The summed E-state index contributed by atoms with van der Waals surface area (Å²) in [6, 6.07) is 0. The lowest BCUT2D eigenvalue weighted by atomic mass is 10.5. The first-order valence-electron chi connectivity index (χ1n) is 4.44. The van der Waals surface area contributed by atoms with E-state index in [4.69, 9.17) is 0 Å². The Bertz CT molecular complexity index is 272. The molecule has 1 rings (SSSR count). The highest BCUT2D eigenvalue weighted by Crippen LogP contribution is 1.83. The first kappa shape index (κ1) is 10.6. The van der Waals surface area contributed by atoms with E-state index >= 15 is 0 Å². The number of hydrogen-bond donors (Lipinski definition) is 2. The van der Waals surface area contributed by atoms with Crippen LogP contribution in [0.15, 0.2) is 0 Å². The Morgan fingerprint density at radius 3 is 3.00 bits per heavy atom. The molecule has 0 aliphatic carbocycles. The largest absolute Gasteiger partial charge is 0.348 e. The van der Waals surface area contributed by atoms with Crippen LogP contribution in [0.4, 0.5) is 0 Å². The summed E-state index contributed by atoms with van der Waals surface area (Å²) in [6.07, 6.45) is 0. The summed E-state index contributed by atoms with van der Waals surface area (Å²) in [5.74, 6) is -0.229. The number of likely N-dealkylation sites (N-methyl/N-ethyl adjacent to an activating group) is 1. The molecule has 1 aromatic heterocycles. The monoisotopic (exact) mass is 198 g/mol. The van der Waals surface area contributed by atoms with Gasteiger partial charge in [-0.3, -0.25) is 4.79 Å². The zero-order valence-electron chi connectivity index (χ0n) is 8.32. The highest BCUT2D eigenvalue weighted by Gasteiger charge is 2.09. The standard InChI is InChI=1S/C7H14N6O/c1-3-13(2)5-4-8-7(14)6-9-11-12-10-6/h3-5H2,1-2H3,(H,8,14)(H,9,10,11,12). The van der Waals surface area contributed by atoms with Gasteiger partial charge in [0, 0.05) is 13.1 Å². The van der Waals surface area contributed by atoms with Crippen LogP contribution in [-0.2, 0) is 0 Å². The zero-order valence-corrected chi connectivity index (χ0v) is 8.32. The SMILES string of the molecule is CCN(C)CCNC(=O)c1nn[nH]n1. The van der Waals surface area contributed by atoms with E-state index in [0.717, 1.165) is 13.1 Å². The number of nitrogens with zero attached hydrogens (tertiary/aromatic N) is 4. The average molecular weight is 198 g/mol. The predicted molar refractivity (Wildman–Crippen MR) is 49.7 cm³/mol. The van der Waals surface area contributed by atoms with E-state index in [1.807, 2.05) is 7.05 Å². The number of nitrogens with one attached hydrogen (secondary N) is 2. The zero-order chi connectivity index (χ0) is 10.4. The van der Waals surface area contributed by atoms with E-state index in [2.05, 4.69) is 37.8 Å². The highest BCUT2D eigenvalue weighted by atomic mass is 16.2. The Kier molecular flexibility index (Phi) is 3.99. The Morgan fingerprint density at radius 2 is 2.43 bits per heavy atom. The van der Waals surface area contributed by atoms with Gasteiger partial charge in [-0.05, 0) is 18.8 Å². The first-order chi connectivity index (χ1) is 6.74. The molecule has 0 fully saturated rings. The fourth-order valence-corrected chi connectivity index (χ4v) is 0.855. The molecule has 0 aliphatic heterocycles. The quantitative estimate of drug-likeness (QED) is 0.626. The number of amides is 1.